The van der Waals surface area contributed by atoms with E-state index in [4.69, 9.17) is 9.72 Å². The van der Waals surface area contributed by atoms with Gasteiger partial charge in [0.15, 0.2) is 5.78 Å². The molecule has 0 unspecified atom stereocenters. The number of hydrogen-bond donors (Lipinski definition) is 0. The smallest absolute Gasteiger partial charge is 0.188 e. The highest BCUT2D eigenvalue weighted by Crippen LogP contribution is 2.33. The normalized spacial score (nSPS) is 11.1. The molecule has 4 rings (SSSR count). The largest absolute Gasteiger partial charge is 0.494 e. The zero-order chi connectivity index (χ0) is 20.9. The summed E-state index contributed by atoms with van der Waals surface area (Å²) >= 11 is 0. The number of para-hydroxylation sites is 1. The molecule has 0 bridgehead atoms. The number of carbonyl (C=O) groups excluding carboxylic acids is 1. The second-order valence-corrected chi connectivity index (χ2v) is 7.03. The van der Waals surface area contributed by atoms with Gasteiger partial charge in [-0.15, -0.1) is 0 Å². The Balaban J connectivity index is 1.78. The number of aromatic nitrogens is 1. The van der Waals surface area contributed by atoms with E-state index in [2.05, 4.69) is 0 Å². The van der Waals surface area contributed by atoms with Gasteiger partial charge in [-0.3, -0.25) is 9.78 Å². The Hall–Kier alpha value is -3.72. The number of fused-ring (bicyclic) bond motifs is 1. The lowest BCUT2D eigenvalue weighted by Gasteiger charge is -2.14. The Labute approximate surface area is 176 Å². The van der Waals surface area contributed by atoms with Crippen LogP contribution in [0.25, 0.3) is 28.1 Å². The van der Waals surface area contributed by atoms with Crippen LogP contribution >= 0.6 is 0 Å². The van der Waals surface area contributed by atoms with Crippen molar-refractivity contribution in [2.45, 2.75) is 13.8 Å². The fourth-order valence-electron chi connectivity index (χ4n) is 3.64. The Bertz CT molecular complexity index is 1210. The molecule has 1 heterocycles. The number of hydrogen-bond acceptors (Lipinski definition) is 3. The van der Waals surface area contributed by atoms with Crippen LogP contribution in [0.3, 0.4) is 0 Å². The highest BCUT2D eigenvalue weighted by molar-refractivity contribution is 6.16. The van der Waals surface area contributed by atoms with Crippen LogP contribution in [0.5, 0.6) is 5.75 Å². The summed E-state index contributed by atoms with van der Waals surface area (Å²) < 4.78 is 5.48. The zero-order valence-corrected chi connectivity index (χ0v) is 17.1. The molecule has 0 saturated heterocycles. The van der Waals surface area contributed by atoms with Gasteiger partial charge in [0.25, 0.3) is 0 Å². The van der Waals surface area contributed by atoms with Gasteiger partial charge in [-0.2, -0.15) is 0 Å². The molecule has 1 aromatic heterocycles. The molecule has 3 heteroatoms. The summed E-state index contributed by atoms with van der Waals surface area (Å²) in [5.41, 5.74) is 5.15. The number of ether oxygens (including phenoxy) is 1. The minimum absolute atomic E-state index is 0.0570. The summed E-state index contributed by atoms with van der Waals surface area (Å²) in [5.74, 6) is 0.764. The molecule has 148 valence electrons. The Morgan fingerprint density at radius 2 is 1.63 bits per heavy atom. The number of benzene rings is 3. The lowest BCUT2D eigenvalue weighted by molar-refractivity contribution is 0.104. The summed E-state index contributed by atoms with van der Waals surface area (Å²) in [6.07, 6.45) is 3.46. The van der Waals surface area contributed by atoms with Gasteiger partial charge in [-0.05, 0) is 49.2 Å². The summed E-state index contributed by atoms with van der Waals surface area (Å²) in [6, 6.07) is 25.7. The first-order chi connectivity index (χ1) is 14.7. The van der Waals surface area contributed by atoms with Crippen molar-refractivity contribution in [3.63, 3.8) is 0 Å². The number of rotatable bonds is 6. The molecule has 0 fully saturated rings. The third-order valence-electron chi connectivity index (χ3n) is 5.00. The van der Waals surface area contributed by atoms with Crippen LogP contribution in [-0.2, 0) is 0 Å². The molecule has 0 aliphatic rings. The summed E-state index contributed by atoms with van der Waals surface area (Å²) in [4.78, 5) is 18.0. The van der Waals surface area contributed by atoms with Gasteiger partial charge in [-0.1, -0.05) is 66.7 Å². The molecule has 3 aromatic carbocycles. The van der Waals surface area contributed by atoms with Crippen LogP contribution < -0.4 is 4.74 Å². The van der Waals surface area contributed by atoms with Crippen molar-refractivity contribution < 1.29 is 9.53 Å². The fraction of sp³-hybridized carbons (Fsp3) is 0.111. The van der Waals surface area contributed by atoms with Crippen LogP contribution in [0, 0.1) is 6.92 Å². The van der Waals surface area contributed by atoms with Crippen molar-refractivity contribution in [2.24, 2.45) is 0 Å². The molecule has 3 nitrogen and oxygen atoms in total. The summed E-state index contributed by atoms with van der Waals surface area (Å²) in [7, 11) is 0. The molecule has 0 atom stereocenters. The van der Waals surface area contributed by atoms with Crippen LogP contribution in [0.1, 0.15) is 28.5 Å². The monoisotopic (exact) mass is 393 g/mol. The lowest BCUT2D eigenvalue weighted by Crippen LogP contribution is -2.05. The molecule has 0 amide bonds. The number of carbonyl (C=O) groups is 1. The average molecular weight is 393 g/mol. The second-order valence-electron chi connectivity index (χ2n) is 7.03. The van der Waals surface area contributed by atoms with Crippen LogP contribution in [0.4, 0.5) is 0 Å². The summed E-state index contributed by atoms with van der Waals surface area (Å²) in [6.45, 7) is 4.48. The predicted octanol–water partition coefficient (Wildman–Crippen LogP) is 6.51. The number of aryl methyl sites for hydroxylation is 1. The van der Waals surface area contributed by atoms with E-state index in [0.717, 1.165) is 39.0 Å². The van der Waals surface area contributed by atoms with Gasteiger partial charge < -0.3 is 4.74 Å². The van der Waals surface area contributed by atoms with Crippen molar-refractivity contribution in [2.75, 3.05) is 6.61 Å². The topological polar surface area (TPSA) is 39.2 Å². The van der Waals surface area contributed by atoms with Crippen molar-refractivity contribution in [3.8, 4) is 16.9 Å². The highest BCUT2D eigenvalue weighted by Gasteiger charge is 2.18. The van der Waals surface area contributed by atoms with Crippen molar-refractivity contribution >= 4 is 22.8 Å². The van der Waals surface area contributed by atoms with Gasteiger partial charge in [0.05, 0.1) is 17.7 Å². The van der Waals surface area contributed by atoms with E-state index < -0.39 is 0 Å². The third kappa shape index (κ3) is 4.01. The van der Waals surface area contributed by atoms with Gasteiger partial charge in [0, 0.05) is 16.6 Å². The van der Waals surface area contributed by atoms with Crippen LogP contribution in [0.2, 0.25) is 0 Å². The molecule has 30 heavy (non-hydrogen) atoms. The molecule has 4 aromatic rings. The quantitative estimate of drug-likeness (QED) is 0.277. The van der Waals surface area contributed by atoms with Crippen LogP contribution in [0.15, 0.2) is 84.9 Å². The zero-order valence-electron chi connectivity index (χ0n) is 17.1. The second kappa shape index (κ2) is 8.75. The first-order valence-corrected chi connectivity index (χ1v) is 10.1. The maximum Gasteiger partial charge on any atom is 0.188 e. The third-order valence-corrected chi connectivity index (χ3v) is 5.00. The van der Waals surface area contributed by atoms with E-state index in [1.54, 1.807) is 6.08 Å². The van der Waals surface area contributed by atoms with E-state index in [9.17, 15) is 4.79 Å². The standard InChI is InChI=1S/C27H23NO2/c1-3-30-22-16-13-20(14-17-22)15-18-25(29)26-19(2)28-24-12-8-7-11-23(24)27(26)21-9-5-4-6-10-21/h4-18H,3H2,1-2H3/b18-15+. The minimum Gasteiger partial charge on any atom is -0.494 e. The van der Waals surface area contributed by atoms with E-state index in [-0.39, 0.29) is 5.78 Å². The van der Waals surface area contributed by atoms with Crippen molar-refractivity contribution in [1.82, 2.24) is 4.98 Å². The molecule has 0 radical (unpaired) electrons. The van der Waals surface area contributed by atoms with Crippen molar-refractivity contribution in [3.05, 3.63) is 102 Å². The fourth-order valence-corrected chi connectivity index (χ4v) is 3.64. The predicted molar refractivity (Wildman–Crippen MR) is 123 cm³/mol. The maximum atomic E-state index is 13.3. The van der Waals surface area contributed by atoms with Crippen LogP contribution in [-0.4, -0.2) is 17.4 Å². The molecular weight excluding hydrogens is 370 g/mol. The number of allylic oxidation sites excluding steroid dienone is 1. The molecular formula is C27H23NO2. The molecule has 0 aliphatic carbocycles. The highest BCUT2D eigenvalue weighted by atomic mass is 16.5. The average Bonchev–Trinajstić information content (AvgIpc) is 2.78. The number of pyridine rings is 1. The molecule has 0 saturated carbocycles. The molecule has 0 spiro atoms. The molecule has 0 aliphatic heterocycles. The first kappa shape index (κ1) is 19.6. The Kier molecular flexibility index (Phi) is 5.71. The Morgan fingerprint density at radius 3 is 2.37 bits per heavy atom. The van der Waals surface area contributed by atoms with E-state index in [1.807, 2.05) is 98.8 Å². The van der Waals surface area contributed by atoms with E-state index >= 15 is 0 Å². The van der Waals surface area contributed by atoms with Gasteiger partial charge in [-0.25, -0.2) is 0 Å². The van der Waals surface area contributed by atoms with E-state index in [1.165, 1.54) is 0 Å². The first-order valence-electron chi connectivity index (χ1n) is 10.1. The van der Waals surface area contributed by atoms with E-state index in [0.29, 0.717) is 12.2 Å². The summed E-state index contributed by atoms with van der Waals surface area (Å²) in [5, 5.41) is 0.979. The minimum atomic E-state index is -0.0570. The molecule has 0 N–H and O–H groups in total. The van der Waals surface area contributed by atoms with Gasteiger partial charge in [0.1, 0.15) is 5.75 Å². The maximum absolute atomic E-state index is 13.3. The SMILES string of the molecule is CCOc1ccc(/C=C/C(=O)c2c(C)nc3ccccc3c2-c2ccccc2)cc1. The number of nitrogens with zero attached hydrogens (tertiary/aromatic N) is 1. The Morgan fingerprint density at radius 1 is 0.933 bits per heavy atom. The van der Waals surface area contributed by atoms with Gasteiger partial charge in [0.2, 0.25) is 0 Å². The number of ketones is 1. The van der Waals surface area contributed by atoms with Gasteiger partial charge >= 0.3 is 0 Å². The lowest BCUT2D eigenvalue weighted by atomic mass is 9.92. The van der Waals surface area contributed by atoms with Crippen molar-refractivity contribution in [1.29, 1.82) is 0 Å².